The molecule has 0 fully saturated rings. The first-order chi connectivity index (χ1) is 7.75. The summed E-state index contributed by atoms with van der Waals surface area (Å²) in [5, 5.41) is 15.9. The zero-order chi connectivity index (χ0) is 13.5. The number of hydrogen-bond acceptors (Lipinski definition) is 3. The van der Waals surface area contributed by atoms with E-state index in [1.807, 2.05) is 0 Å². The van der Waals surface area contributed by atoms with Crippen molar-refractivity contribution in [2.75, 3.05) is 19.6 Å². The molecule has 0 bridgehead atoms. The van der Waals surface area contributed by atoms with Gasteiger partial charge in [0.05, 0.1) is 5.41 Å². The number of aliphatic carboxylic acids is 1. The van der Waals surface area contributed by atoms with Crippen molar-refractivity contribution in [3.05, 3.63) is 0 Å². The minimum absolute atomic E-state index is 0.0113. The first-order valence-electron chi connectivity index (χ1n) is 5.04. The SMILES string of the molecule is CC(C)(CNC(=O)NCCNC(N)=O)C(=O)O. The number of nitrogens with one attached hydrogen (secondary N) is 3. The van der Waals surface area contributed by atoms with Gasteiger partial charge in [0.25, 0.3) is 0 Å². The molecule has 0 spiro atoms. The highest BCUT2D eigenvalue weighted by molar-refractivity contribution is 5.77. The van der Waals surface area contributed by atoms with E-state index in [1.54, 1.807) is 0 Å². The summed E-state index contributed by atoms with van der Waals surface area (Å²) in [5.74, 6) is -0.992. The quantitative estimate of drug-likeness (QED) is 0.387. The number of urea groups is 2. The molecule has 0 heterocycles. The van der Waals surface area contributed by atoms with Crippen molar-refractivity contribution in [3.63, 3.8) is 0 Å². The van der Waals surface area contributed by atoms with E-state index in [1.165, 1.54) is 13.8 Å². The van der Waals surface area contributed by atoms with Crippen molar-refractivity contribution in [2.45, 2.75) is 13.8 Å². The maximum Gasteiger partial charge on any atom is 0.314 e. The summed E-state index contributed by atoms with van der Waals surface area (Å²) < 4.78 is 0. The van der Waals surface area contributed by atoms with E-state index >= 15 is 0 Å². The van der Waals surface area contributed by atoms with E-state index in [0.717, 1.165) is 0 Å². The third-order valence-corrected chi connectivity index (χ3v) is 1.98. The fraction of sp³-hybridized carbons (Fsp3) is 0.667. The number of hydrogen-bond donors (Lipinski definition) is 5. The van der Waals surface area contributed by atoms with E-state index in [-0.39, 0.29) is 19.6 Å². The van der Waals surface area contributed by atoms with Crippen LogP contribution < -0.4 is 21.7 Å². The van der Waals surface area contributed by atoms with Crippen molar-refractivity contribution >= 4 is 18.0 Å². The van der Waals surface area contributed by atoms with Gasteiger partial charge >= 0.3 is 18.0 Å². The van der Waals surface area contributed by atoms with Gasteiger partial charge in [0.1, 0.15) is 0 Å². The van der Waals surface area contributed by atoms with Crippen LogP contribution >= 0.6 is 0 Å². The average Bonchev–Trinajstić information content (AvgIpc) is 2.21. The summed E-state index contributed by atoms with van der Waals surface area (Å²) >= 11 is 0. The molecule has 0 unspecified atom stereocenters. The lowest BCUT2D eigenvalue weighted by Crippen LogP contribution is -2.45. The standard InChI is InChI=1S/C9H18N4O4/c1-9(2,6(14)15)5-13-8(17)12-4-3-11-7(10)16/h3-5H2,1-2H3,(H,14,15)(H3,10,11,16)(H2,12,13,17). The number of nitrogens with two attached hydrogens (primary N) is 1. The molecule has 6 N–H and O–H groups in total. The van der Waals surface area contributed by atoms with Crippen LogP contribution in [0, 0.1) is 5.41 Å². The van der Waals surface area contributed by atoms with Crippen LogP contribution in [0.25, 0.3) is 0 Å². The summed E-state index contributed by atoms with van der Waals surface area (Å²) in [6.07, 6.45) is 0. The second kappa shape index (κ2) is 6.56. The third-order valence-electron chi connectivity index (χ3n) is 1.98. The Balaban J connectivity index is 3.74. The highest BCUT2D eigenvalue weighted by Crippen LogP contribution is 2.12. The van der Waals surface area contributed by atoms with Gasteiger partial charge in [-0.05, 0) is 13.8 Å². The molecule has 0 rings (SSSR count). The zero-order valence-corrected chi connectivity index (χ0v) is 9.87. The number of carboxylic acids is 1. The lowest BCUT2D eigenvalue weighted by atomic mass is 9.94. The Morgan fingerprint density at radius 2 is 1.65 bits per heavy atom. The van der Waals surface area contributed by atoms with Crippen LogP contribution in [0.4, 0.5) is 9.59 Å². The Morgan fingerprint density at radius 1 is 1.12 bits per heavy atom. The van der Waals surface area contributed by atoms with E-state index in [0.29, 0.717) is 0 Å². The highest BCUT2D eigenvalue weighted by atomic mass is 16.4. The van der Waals surface area contributed by atoms with Crippen LogP contribution in [0.5, 0.6) is 0 Å². The van der Waals surface area contributed by atoms with Crippen molar-refractivity contribution in [3.8, 4) is 0 Å². The van der Waals surface area contributed by atoms with Gasteiger partial charge in [0, 0.05) is 19.6 Å². The number of carbonyl (C=O) groups is 3. The Bertz CT molecular complexity index is 303. The molecule has 8 heteroatoms. The van der Waals surface area contributed by atoms with Gasteiger partial charge in [-0.25, -0.2) is 9.59 Å². The van der Waals surface area contributed by atoms with Crippen molar-refractivity contribution in [2.24, 2.45) is 11.1 Å². The molecule has 0 aliphatic heterocycles. The predicted octanol–water partition coefficient (Wildman–Crippen LogP) is -0.935. The van der Waals surface area contributed by atoms with Gasteiger partial charge in [0.2, 0.25) is 0 Å². The molecular formula is C9H18N4O4. The van der Waals surface area contributed by atoms with E-state index < -0.39 is 23.4 Å². The molecule has 0 radical (unpaired) electrons. The maximum absolute atomic E-state index is 11.2. The molecule has 0 aliphatic carbocycles. The van der Waals surface area contributed by atoms with Crippen LogP contribution in [-0.4, -0.2) is 42.8 Å². The van der Waals surface area contributed by atoms with Crippen LogP contribution in [0.3, 0.4) is 0 Å². The number of carbonyl (C=O) groups excluding carboxylic acids is 2. The number of rotatable bonds is 6. The van der Waals surface area contributed by atoms with E-state index in [4.69, 9.17) is 10.8 Å². The third kappa shape index (κ3) is 6.98. The van der Waals surface area contributed by atoms with Crippen molar-refractivity contribution in [1.29, 1.82) is 0 Å². The molecule has 0 aromatic rings. The minimum atomic E-state index is -1.02. The number of primary amides is 1. The molecular weight excluding hydrogens is 228 g/mol. The molecule has 0 atom stereocenters. The fourth-order valence-corrected chi connectivity index (χ4v) is 0.801. The molecule has 0 saturated heterocycles. The number of carboxylic acid groups (broad SMARTS) is 1. The lowest BCUT2D eigenvalue weighted by Gasteiger charge is -2.19. The summed E-state index contributed by atoms with van der Waals surface area (Å²) in [6, 6.07) is -1.16. The zero-order valence-electron chi connectivity index (χ0n) is 9.87. The normalized spacial score (nSPS) is 10.5. The monoisotopic (exact) mass is 246 g/mol. The molecule has 98 valence electrons. The Morgan fingerprint density at radius 3 is 2.12 bits per heavy atom. The minimum Gasteiger partial charge on any atom is -0.481 e. The molecule has 0 saturated carbocycles. The second-order valence-corrected chi connectivity index (χ2v) is 4.09. The summed E-state index contributed by atoms with van der Waals surface area (Å²) in [7, 11) is 0. The lowest BCUT2D eigenvalue weighted by molar-refractivity contribution is -0.146. The topological polar surface area (TPSA) is 134 Å². The van der Waals surface area contributed by atoms with Gasteiger partial charge in [-0.15, -0.1) is 0 Å². The van der Waals surface area contributed by atoms with Gasteiger partial charge in [-0.1, -0.05) is 0 Å². The van der Waals surface area contributed by atoms with Gasteiger partial charge in [-0.2, -0.15) is 0 Å². The van der Waals surface area contributed by atoms with Gasteiger partial charge in [0.15, 0.2) is 0 Å². The summed E-state index contributed by atoms with van der Waals surface area (Å²) in [5.41, 5.74) is 3.79. The van der Waals surface area contributed by atoms with Crippen LogP contribution in [0.1, 0.15) is 13.8 Å². The molecule has 0 aromatic heterocycles. The molecule has 8 nitrogen and oxygen atoms in total. The highest BCUT2D eigenvalue weighted by Gasteiger charge is 2.27. The number of amides is 4. The molecule has 17 heavy (non-hydrogen) atoms. The van der Waals surface area contributed by atoms with Crippen LogP contribution in [0.2, 0.25) is 0 Å². The fourth-order valence-electron chi connectivity index (χ4n) is 0.801. The first-order valence-corrected chi connectivity index (χ1v) is 5.04. The Kier molecular flexibility index (Phi) is 5.79. The second-order valence-electron chi connectivity index (χ2n) is 4.09. The van der Waals surface area contributed by atoms with Crippen molar-refractivity contribution < 1.29 is 19.5 Å². The van der Waals surface area contributed by atoms with Gasteiger partial charge < -0.3 is 26.8 Å². The van der Waals surface area contributed by atoms with Crippen LogP contribution in [-0.2, 0) is 4.79 Å². The largest absolute Gasteiger partial charge is 0.481 e. The van der Waals surface area contributed by atoms with Crippen LogP contribution in [0.15, 0.2) is 0 Å². The van der Waals surface area contributed by atoms with E-state index in [9.17, 15) is 14.4 Å². The molecule has 4 amide bonds. The predicted molar refractivity (Wildman–Crippen MR) is 60.4 cm³/mol. The Hall–Kier alpha value is -1.99. The average molecular weight is 246 g/mol. The summed E-state index contributed by atoms with van der Waals surface area (Å²) in [6.45, 7) is 3.44. The summed E-state index contributed by atoms with van der Waals surface area (Å²) in [4.78, 5) is 32.2. The molecule has 0 aliphatic rings. The van der Waals surface area contributed by atoms with Crippen molar-refractivity contribution in [1.82, 2.24) is 16.0 Å². The molecule has 0 aromatic carbocycles. The first kappa shape index (κ1) is 15.0. The Labute approximate surface area is 98.9 Å². The van der Waals surface area contributed by atoms with E-state index in [2.05, 4.69) is 16.0 Å². The van der Waals surface area contributed by atoms with Gasteiger partial charge in [-0.3, -0.25) is 4.79 Å². The smallest absolute Gasteiger partial charge is 0.314 e. The maximum atomic E-state index is 11.2.